The number of nitrogens with one attached hydrogen (secondary N) is 1. The third kappa shape index (κ3) is 6.84. The topological polar surface area (TPSA) is 75.4 Å². The summed E-state index contributed by atoms with van der Waals surface area (Å²) in [4.78, 5) is 26.2. The van der Waals surface area contributed by atoms with Crippen molar-refractivity contribution in [1.29, 1.82) is 0 Å². The van der Waals surface area contributed by atoms with Gasteiger partial charge in [-0.3, -0.25) is 9.59 Å². The van der Waals surface area contributed by atoms with Crippen LogP contribution in [0.15, 0.2) is 10.6 Å². The highest BCUT2D eigenvalue weighted by molar-refractivity contribution is 5.93. The maximum absolute atomic E-state index is 12.4. The minimum Gasteiger partial charge on any atom is -0.360 e. The summed E-state index contributed by atoms with van der Waals surface area (Å²) in [6, 6.07) is 1.69. The highest BCUT2D eigenvalue weighted by atomic mass is 16.5. The van der Waals surface area contributed by atoms with Crippen molar-refractivity contribution in [2.24, 2.45) is 0 Å². The molecule has 0 radical (unpaired) electrons. The predicted octanol–water partition coefficient (Wildman–Crippen LogP) is 3.52. The Kier molecular flexibility index (Phi) is 8.37. The molecule has 23 heavy (non-hydrogen) atoms. The second kappa shape index (κ2) is 10.0. The zero-order valence-electron chi connectivity index (χ0n) is 14.7. The number of aromatic nitrogens is 1. The first-order valence-electron chi connectivity index (χ1n) is 8.50. The van der Waals surface area contributed by atoms with Gasteiger partial charge in [-0.2, -0.15) is 0 Å². The number of carbonyl (C=O) groups excluding carboxylic acids is 2. The number of rotatable bonds is 10. The zero-order valence-corrected chi connectivity index (χ0v) is 14.7. The molecule has 0 aliphatic rings. The zero-order chi connectivity index (χ0) is 17.2. The van der Waals surface area contributed by atoms with Crippen molar-refractivity contribution in [3.05, 3.63) is 11.8 Å². The van der Waals surface area contributed by atoms with Gasteiger partial charge in [0.1, 0.15) is 12.3 Å². The minimum absolute atomic E-state index is 0.0403. The summed E-state index contributed by atoms with van der Waals surface area (Å²) in [5.41, 5.74) is 0. The third-order valence-electron chi connectivity index (χ3n) is 3.90. The molecule has 6 heteroatoms. The molecule has 0 unspecified atom stereocenters. The first-order chi connectivity index (χ1) is 11.0. The summed E-state index contributed by atoms with van der Waals surface area (Å²) >= 11 is 0. The van der Waals surface area contributed by atoms with Crippen molar-refractivity contribution < 1.29 is 14.1 Å². The van der Waals surface area contributed by atoms with E-state index in [1.54, 1.807) is 17.9 Å². The monoisotopic (exact) mass is 323 g/mol. The molecule has 1 atom stereocenters. The fourth-order valence-electron chi connectivity index (χ4n) is 2.32. The van der Waals surface area contributed by atoms with Gasteiger partial charge in [0.15, 0.2) is 5.82 Å². The molecule has 6 nitrogen and oxygen atoms in total. The third-order valence-corrected chi connectivity index (χ3v) is 3.90. The number of anilines is 1. The van der Waals surface area contributed by atoms with E-state index in [0.29, 0.717) is 18.0 Å². The van der Waals surface area contributed by atoms with E-state index in [1.165, 1.54) is 0 Å². The van der Waals surface area contributed by atoms with Crippen molar-refractivity contribution in [1.82, 2.24) is 10.1 Å². The smallest absolute Gasteiger partial charge is 0.245 e. The lowest BCUT2D eigenvalue weighted by Gasteiger charge is -2.28. The van der Waals surface area contributed by atoms with Gasteiger partial charge in [0, 0.05) is 18.5 Å². The molecule has 0 fully saturated rings. The number of nitrogens with zero attached hydrogens (tertiary/aromatic N) is 2. The highest BCUT2D eigenvalue weighted by Gasteiger charge is 2.21. The Morgan fingerprint density at radius 1 is 1.30 bits per heavy atom. The number of unbranched alkanes of at least 4 members (excludes halogenated alkanes) is 3. The van der Waals surface area contributed by atoms with E-state index >= 15 is 0 Å². The van der Waals surface area contributed by atoms with Gasteiger partial charge in [0.2, 0.25) is 11.8 Å². The van der Waals surface area contributed by atoms with Crippen LogP contribution in [0.25, 0.3) is 0 Å². The second-order valence-corrected chi connectivity index (χ2v) is 5.96. The molecule has 1 heterocycles. The summed E-state index contributed by atoms with van der Waals surface area (Å²) in [5.74, 6) is 0.806. The standard InChI is InChI=1S/C17H29N3O3/c1-5-7-8-9-10-17(22)20(13(3)6-2)12-16(21)18-15-11-14(4)23-19-15/h11,13H,5-10,12H2,1-4H3,(H,18,19,21)/t13-/m0/s1. The molecule has 0 aliphatic heterocycles. The SMILES string of the molecule is CCCCCCC(=O)N(CC(=O)Nc1cc(C)on1)[C@@H](C)CC. The first kappa shape index (κ1) is 19.2. The fourth-order valence-corrected chi connectivity index (χ4v) is 2.32. The molecule has 1 N–H and O–H groups in total. The summed E-state index contributed by atoms with van der Waals surface area (Å²) in [6.45, 7) is 7.93. The number of hydrogen-bond donors (Lipinski definition) is 1. The van der Waals surface area contributed by atoms with Gasteiger partial charge in [0.05, 0.1) is 0 Å². The quantitative estimate of drug-likeness (QED) is 0.668. The maximum Gasteiger partial charge on any atom is 0.245 e. The summed E-state index contributed by atoms with van der Waals surface area (Å²) in [7, 11) is 0. The van der Waals surface area contributed by atoms with Gasteiger partial charge in [0.25, 0.3) is 0 Å². The maximum atomic E-state index is 12.4. The highest BCUT2D eigenvalue weighted by Crippen LogP contribution is 2.11. The van der Waals surface area contributed by atoms with Crippen molar-refractivity contribution in [3.63, 3.8) is 0 Å². The molecule has 1 aromatic rings. The molecule has 1 aromatic heterocycles. The summed E-state index contributed by atoms with van der Waals surface area (Å²) < 4.78 is 4.92. The average Bonchev–Trinajstić information content (AvgIpc) is 2.93. The summed E-state index contributed by atoms with van der Waals surface area (Å²) in [6.07, 6.45) is 5.54. The van der Waals surface area contributed by atoms with Crippen LogP contribution in [-0.2, 0) is 9.59 Å². The Morgan fingerprint density at radius 3 is 2.61 bits per heavy atom. The molecule has 0 saturated carbocycles. The van der Waals surface area contributed by atoms with Crippen LogP contribution in [0, 0.1) is 6.92 Å². The molecule has 2 amide bonds. The van der Waals surface area contributed by atoms with Gasteiger partial charge in [-0.15, -0.1) is 0 Å². The second-order valence-electron chi connectivity index (χ2n) is 5.96. The van der Waals surface area contributed by atoms with Crippen LogP contribution in [-0.4, -0.2) is 34.5 Å². The van der Waals surface area contributed by atoms with Crippen molar-refractivity contribution in [3.8, 4) is 0 Å². The Bertz CT molecular complexity index is 499. The largest absolute Gasteiger partial charge is 0.360 e. The van der Waals surface area contributed by atoms with Crippen LogP contribution in [0.1, 0.15) is 65.1 Å². The molecular formula is C17H29N3O3. The van der Waals surface area contributed by atoms with E-state index in [9.17, 15) is 9.59 Å². The van der Waals surface area contributed by atoms with Gasteiger partial charge >= 0.3 is 0 Å². The fraction of sp³-hybridized carbons (Fsp3) is 0.706. The number of hydrogen-bond acceptors (Lipinski definition) is 4. The Balaban J connectivity index is 2.55. The molecular weight excluding hydrogens is 294 g/mol. The predicted molar refractivity (Wildman–Crippen MR) is 90.1 cm³/mol. The lowest BCUT2D eigenvalue weighted by molar-refractivity contribution is -0.136. The molecule has 1 rings (SSSR count). The molecule has 0 aliphatic carbocycles. The van der Waals surface area contributed by atoms with Crippen LogP contribution in [0.3, 0.4) is 0 Å². The van der Waals surface area contributed by atoms with E-state index in [1.807, 2.05) is 13.8 Å². The van der Waals surface area contributed by atoms with Gasteiger partial charge in [-0.25, -0.2) is 0 Å². The molecule has 0 spiro atoms. The van der Waals surface area contributed by atoms with Crippen LogP contribution >= 0.6 is 0 Å². The van der Waals surface area contributed by atoms with Gasteiger partial charge in [-0.05, 0) is 26.7 Å². The van der Waals surface area contributed by atoms with Gasteiger partial charge < -0.3 is 14.7 Å². The molecule has 0 aromatic carbocycles. The normalized spacial score (nSPS) is 12.0. The van der Waals surface area contributed by atoms with E-state index in [4.69, 9.17) is 4.52 Å². The average molecular weight is 323 g/mol. The van der Waals surface area contributed by atoms with Crippen molar-refractivity contribution >= 4 is 17.6 Å². The van der Waals surface area contributed by atoms with E-state index in [0.717, 1.165) is 32.1 Å². The molecule has 130 valence electrons. The number of carbonyl (C=O) groups is 2. The van der Waals surface area contributed by atoms with Crippen LogP contribution in [0.4, 0.5) is 5.82 Å². The lowest BCUT2D eigenvalue weighted by atomic mass is 10.1. The Labute approximate surface area is 138 Å². The first-order valence-corrected chi connectivity index (χ1v) is 8.50. The minimum atomic E-state index is -0.250. The lowest BCUT2D eigenvalue weighted by Crippen LogP contribution is -2.43. The van der Waals surface area contributed by atoms with Crippen LogP contribution in [0.5, 0.6) is 0 Å². The molecule has 0 bridgehead atoms. The Hall–Kier alpha value is -1.85. The number of aryl methyl sites for hydroxylation is 1. The van der Waals surface area contributed by atoms with E-state index < -0.39 is 0 Å². The number of amides is 2. The van der Waals surface area contributed by atoms with E-state index in [2.05, 4.69) is 17.4 Å². The van der Waals surface area contributed by atoms with Gasteiger partial charge in [-0.1, -0.05) is 38.3 Å². The summed E-state index contributed by atoms with van der Waals surface area (Å²) in [5, 5.41) is 6.40. The van der Waals surface area contributed by atoms with E-state index in [-0.39, 0.29) is 24.4 Å². The van der Waals surface area contributed by atoms with Crippen molar-refractivity contribution in [2.45, 2.75) is 72.3 Å². The van der Waals surface area contributed by atoms with Crippen LogP contribution < -0.4 is 5.32 Å². The van der Waals surface area contributed by atoms with Crippen LogP contribution in [0.2, 0.25) is 0 Å². The molecule has 0 saturated heterocycles. The van der Waals surface area contributed by atoms with Crippen molar-refractivity contribution in [2.75, 3.05) is 11.9 Å². The Morgan fingerprint density at radius 2 is 2.04 bits per heavy atom.